The molecule has 0 saturated carbocycles. The maximum atomic E-state index is 13.0. The van der Waals surface area contributed by atoms with E-state index in [0.717, 1.165) is 22.4 Å². The summed E-state index contributed by atoms with van der Waals surface area (Å²) in [6, 6.07) is 12.8. The van der Waals surface area contributed by atoms with Crippen LogP contribution in [0.3, 0.4) is 0 Å². The van der Waals surface area contributed by atoms with Crippen LogP contribution in [-0.4, -0.2) is 22.8 Å². The monoisotopic (exact) mass is 368 g/mol. The maximum Gasteiger partial charge on any atom is 0.278 e. The zero-order chi connectivity index (χ0) is 19.0. The zero-order valence-corrected chi connectivity index (χ0v) is 16.0. The van der Waals surface area contributed by atoms with Gasteiger partial charge in [-0.25, -0.2) is 0 Å². The molecule has 0 fully saturated rings. The van der Waals surface area contributed by atoms with Gasteiger partial charge in [-0.05, 0) is 57.0 Å². The number of halogens is 1. The molecule has 5 heteroatoms. The first-order valence-corrected chi connectivity index (χ1v) is 8.89. The van der Waals surface area contributed by atoms with Crippen molar-refractivity contribution in [3.05, 3.63) is 69.9 Å². The van der Waals surface area contributed by atoms with Crippen LogP contribution in [-0.2, 0) is 9.59 Å². The molecule has 1 aliphatic heterocycles. The van der Waals surface area contributed by atoms with E-state index in [-0.39, 0.29) is 17.9 Å². The van der Waals surface area contributed by atoms with Crippen molar-refractivity contribution < 1.29 is 9.59 Å². The van der Waals surface area contributed by atoms with E-state index in [1.54, 1.807) is 6.07 Å². The van der Waals surface area contributed by atoms with Gasteiger partial charge in [0.25, 0.3) is 11.8 Å². The number of hydrogen-bond donors (Lipinski definition) is 1. The Bertz CT molecular complexity index is 914. The summed E-state index contributed by atoms with van der Waals surface area (Å²) >= 11 is 6.02. The van der Waals surface area contributed by atoms with Crippen molar-refractivity contribution in [3.8, 4) is 0 Å². The number of nitrogens with one attached hydrogen (secondary N) is 1. The SMILES string of the molecule is Cc1ccc(C2=C(Nc3ccc(Cl)cc3C)C(=O)N(C(C)C)C2=O)cc1. The molecule has 0 radical (unpaired) electrons. The number of carbonyl (C=O) groups excluding carboxylic acids is 2. The third-order valence-corrected chi connectivity index (χ3v) is 4.66. The van der Waals surface area contributed by atoms with Gasteiger partial charge in [0.15, 0.2) is 0 Å². The predicted molar refractivity (Wildman–Crippen MR) is 105 cm³/mol. The Hall–Kier alpha value is -2.59. The fraction of sp³-hybridized carbons (Fsp3) is 0.238. The fourth-order valence-electron chi connectivity index (χ4n) is 3.02. The average molecular weight is 369 g/mol. The van der Waals surface area contributed by atoms with Crippen molar-refractivity contribution in [2.75, 3.05) is 5.32 Å². The number of anilines is 1. The van der Waals surface area contributed by atoms with Gasteiger partial charge in [-0.15, -0.1) is 0 Å². The first-order valence-electron chi connectivity index (χ1n) is 8.52. The molecular formula is C21H21ClN2O2. The van der Waals surface area contributed by atoms with Crippen LogP contribution in [0.15, 0.2) is 48.2 Å². The van der Waals surface area contributed by atoms with Crippen molar-refractivity contribution in [1.29, 1.82) is 0 Å². The van der Waals surface area contributed by atoms with E-state index in [4.69, 9.17) is 11.6 Å². The predicted octanol–water partition coefficient (Wildman–Crippen LogP) is 4.56. The molecule has 134 valence electrons. The van der Waals surface area contributed by atoms with E-state index in [1.807, 2.05) is 64.1 Å². The molecule has 0 aromatic heterocycles. The molecule has 2 aromatic rings. The van der Waals surface area contributed by atoms with Crippen molar-refractivity contribution in [3.63, 3.8) is 0 Å². The molecule has 2 amide bonds. The first-order chi connectivity index (χ1) is 12.3. The summed E-state index contributed by atoms with van der Waals surface area (Å²) in [6.45, 7) is 7.55. The number of amides is 2. The lowest BCUT2D eigenvalue weighted by Crippen LogP contribution is -2.38. The summed E-state index contributed by atoms with van der Waals surface area (Å²) in [4.78, 5) is 27.2. The molecule has 3 rings (SSSR count). The normalized spacial score (nSPS) is 14.6. The summed E-state index contributed by atoms with van der Waals surface area (Å²) in [5.41, 5.74) is 4.18. The Morgan fingerprint density at radius 2 is 1.62 bits per heavy atom. The molecule has 0 unspecified atom stereocenters. The van der Waals surface area contributed by atoms with Gasteiger partial charge < -0.3 is 5.32 Å². The van der Waals surface area contributed by atoms with E-state index in [1.165, 1.54) is 4.90 Å². The van der Waals surface area contributed by atoms with Crippen LogP contribution in [0.4, 0.5) is 5.69 Å². The second-order valence-corrected chi connectivity index (χ2v) is 7.21. The Balaban J connectivity index is 2.12. The van der Waals surface area contributed by atoms with E-state index in [0.29, 0.717) is 16.3 Å². The molecular weight excluding hydrogens is 348 g/mol. The standard InChI is InChI=1S/C21H21ClN2O2/c1-12(2)24-20(25)18(15-7-5-13(3)6-8-15)19(21(24)26)23-17-10-9-16(22)11-14(17)4/h5-12,23H,1-4H3. The van der Waals surface area contributed by atoms with Gasteiger partial charge in [0.1, 0.15) is 5.70 Å². The molecule has 1 aliphatic rings. The summed E-state index contributed by atoms with van der Waals surface area (Å²) in [7, 11) is 0. The van der Waals surface area contributed by atoms with Crippen LogP contribution in [0.5, 0.6) is 0 Å². The number of hydrogen-bond acceptors (Lipinski definition) is 3. The molecule has 0 atom stereocenters. The molecule has 0 aliphatic carbocycles. The van der Waals surface area contributed by atoms with Gasteiger partial charge in [0.05, 0.1) is 5.57 Å². The van der Waals surface area contributed by atoms with Gasteiger partial charge in [0, 0.05) is 16.8 Å². The molecule has 0 saturated heterocycles. The second kappa shape index (κ2) is 6.96. The molecule has 4 nitrogen and oxygen atoms in total. The quantitative estimate of drug-likeness (QED) is 0.805. The number of benzene rings is 2. The molecule has 26 heavy (non-hydrogen) atoms. The van der Waals surface area contributed by atoms with Crippen LogP contribution in [0.2, 0.25) is 5.02 Å². The van der Waals surface area contributed by atoms with Gasteiger partial charge in [0.2, 0.25) is 0 Å². The van der Waals surface area contributed by atoms with Crippen molar-refractivity contribution in [1.82, 2.24) is 4.90 Å². The average Bonchev–Trinajstić information content (AvgIpc) is 2.81. The molecule has 0 spiro atoms. The molecule has 0 bridgehead atoms. The van der Waals surface area contributed by atoms with Crippen LogP contribution < -0.4 is 5.32 Å². The zero-order valence-electron chi connectivity index (χ0n) is 15.3. The third kappa shape index (κ3) is 3.25. The summed E-state index contributed by atoms with van der Waals surface area (Å²) < 4.78 is 0. The lowest BCUT2D eigenvalue weighted by Gasteiger charge is -2.19. The van der Waals surface area contributed by atoms with Crippen molar-refractivity contribution >= 4 is 34.7 Å². The number of imide groups is 1. The van der Waals surface area contributed by atoms with Crippen LogP contribution >= 0.6 is 11.6 Å². The second-order valence-electron chi connectivity index (χ2n) is 6.77. The maximum absolute atomic E-state index is 13.0. The third-order valence-electron chi connectivity index (χ3n) is 4.42. The highest BCUT2D eigenvalue weighted by molar-refractivity contribution is 6.36. The van der Waals surface area contributed by atoms with Crippen LogP contribution in [0.1, 0.15) is 30.5 Å². The van der Waals surface area contributed by atoms with E-state index in [9.17, 15) is 9.59 Å². The number of nitrogens with zero attached hydrogens (tertiary/aromatic N) is 1. The van der Waals surface area contributed by atoms with Crippen LogP contribution in [0, 0.1) is 13.8 Å². The van der Waals surface area contributed by atoms with Gasteiger partial charge >= 0.3 is 0 Å². The Labute approximate surface area is 158 Å². The molecule has 1 heterocycles. The number of aryl methyl sites for hydroxylation is 2. The summed E-state index contributed by atoms with van der Waals surface area (Å²) in [6.07, 6.45) is 0. The highest BCUT2D eigenvalue weighted by Gasteiger charge is 2.40. The van der Waals surface area contributed by atoms with Crippen molar-refractivity contribution in [2.45, 2.75) is 33.7 Å². The number of rotatable bonds is 4. The molecule has 2 aromatic carbocycles. The summed E-state index contributed by atoms with van der Waals surface area (Å²) in [5.74, 6) is -0.585. The highest BCUT2D eigenvalue weighted by Crippen LogP contribution is 2.32. The minimum absolute atomic E-state index is 0.221. The van der Waals surface area contributed by atoms with Gasteiger partial charge in [-0.1, -0.05) is 41.4 Å². The Morgan fingerprint density at radius 1 is 0.962 bits per heavy atom. The smallest absolute Gasteiger partial charge is 0.278 e. The van der Waals surface area contributed by atoms with E-state index in [2.05, 4.69) is 5.32 Å². The van der Waals surface area contributed by atoms with Crippen molar-refractivity contribution in [2.24, 2.45) is 0 Å². The largest absolute Gasteiger partial charge is 0.350 e. The summed E-state index contributed by atoms with van der Waals surface area (Å²) in [5, 5.41) is 3.80. The lowest BCUT2D eigenvalue weighted by molar-refractivity contribution is -0.138. The molecule has 1 N–H and O–H groups in total. The van der Waals surface area contributed by atoms with E-state index >= 15 is 0 Å². The van der Waals surface area contributed by atoms with Gasteiger partial charge in [-0.2, -0.15) is 0 Å². The minimum atomic E-state index is -0.310. The highest BCUT2D eigenvalue weighted by atomic mass is 35.5. The Morgan fingerprint density at radius 3 is 2.19 bits per heavy atom. The van der Waals surface area contributed by atoms with E-state index < -0.39 is 0 Å². The van der Waals surface area contributed by atoms with Crippen LogP contribution in [0.25, 0.3) is 5.57 Å². The fourth-order valence-corrected chi connectivity index (χ4v) is 3.25. The minimum Gasteiger partial charge on any atom is -0.350 e. The first kappa shape index (κ1) is 18.2. The Kier molecular flexibility index (Phi) is 4.88. The van der Waals surface area contributed by atoms with Gasteiger partial charge in [-0.3, -0.25) is 14.5 Å². The topological polar surface area (TPSA) is 49.4 Å². The lowest BCUT2D eigenvalue weighted by atomic mass is 10.0. The number of carbonyl (C=O) groups is 2.